The third-order valence-electron chi connectivity index (χ3n) is 4.56. The van der Waals surface area contributed by atoms with Gasteiger partial charge in [0, 0.05) is 36.9 Å². The van der Waals surface area contributed by atoms with E-state index in [9.17, 15) is 8.42 Å². The SMILES string of the molecule is Cc1cnc2c(S(=O)(=O)N(C)Cc3cnn(-c4ccccc4)c3)cccc2c1. The third kappa shape index (κ3) is 3.42. The van der Waals surface area contributed by atoms with E-state index in [1.807, 2.05) is 55.6 Å². The van der Waals surface area contributed by atoms with E-state index in [1.54, 1.807) is 36.3 Å². The predicted molar refractivity (Wildman–Crippen MR) is 109 cm³/mol. The quantitative estimate of drug-likeness (QED) is 0.521. The molecule has 0 atom stereocenters. The molecular formula is C21H20N4O2S. The lowest BCUT2D eigenvalue weighted by atomic mass is 10.2. The number of fused-ring (bicyclic) bond motifs is 1. The van der Waals surface area contributed by atoms with Gasteiger partial charge in [-0.15, -0.1) is 0 Å². The number of aryl methyl sites for hydroxylation is 1. The van der Waals surface area contributed by atoms with Crippen molar-refractivity contribution >= 4 is 20.9 Å². The Balaban J connectivity index is 1.63. The van der Waals surface area contributed by atoms with E-state index < -0.39 is 10.0 Å². The first-order valence-electron chi connectivity index (χ1n) is 8.86. The summed E-state index contributed by atoms with van der Waals surface area (Å²) in [6.07, 6.45) is 5.21. The zero-order chi connectivity index (χ0) is 19.7. The van der Waals surface area contributed by atoms with Crippen LogP contribution in [0.25, 0.3) is 16.6 Å². The fourth-order valence-corrected chi connectivity index (χ4v) is 4.44. The number of para-hydroxylation sites is 2. The summed E-state index contributed by atoms with van der Waals surface area (Å²) < 4.78 is 29.4. The van der Waals surface area contributed by atoms with Crippen LogP contribution in [0.1, 0.15) is 11.1 Å². The fraction of sp³-hybridized carbons (Fsp3) is 0.143. The molecule has 6 nitrogen and oxygen atoms in total. The minimum absolute atomic E-state index is 0.211. The van der Waals surface area contributed by atoms with Gasteiger partial charge in [-0.25, -0.2) is 13.1 Å². The number of benzene rings is 2. The highest BCUT2D eigenvalue weighted by atomic mass is 32.2. The first-order valence-corrected chi connectivity index (χ1v) is 10.3. The average Bonchev–Trinajstić information content (AvgIpc) is 3.16. The molecule has 0 saturated heterocycles. The molecule has 0 N–H and O–H groups in total. The van der Waals surface area contributed by atoms with Crippen molar-refractivity contribution in [1.82, 2.24) is 19.1 Å². The van der Waals surface area contributed by atoms with Gasteiger partial charge < -0.3 is 0 Å². The Hall–Kier alpha value is -3.03. The number of pyridine rings is 1. The zero-order valence-electron chi connectivity index (χ0n) is 15.6. The summed E-state index contributed by atoms with van der Waals surface area (Å²) in [6, 6.07) is 16.9. The van der Waals surface area contributed by atoms with Crippen molar-refractivity contribution in [3.8, 4) is 5.69 Å². The zero-order valence-corrected chi connectivity index (χ0v) is 16.5. The van der Waals surface area contributed by atoms with Gasteiger partial charge in [0.1, 0.15) is 4.90 Å². The van der Waals surface area contributed by atoms with Crippen molar-refractivity contribution < 1.29 is 8.42 Å². The Kier molecular flexibility index (Phi) is 4.70. The predicted octanol–water partition coefficient (Wildman–Crippen LogP) is 3.55. The molecule has 2 heterocycles. The molecule has 142 valence electrons. The van der Waals surface area contributed by atoms with Gasteiger partial charge in [-0.2, -0.15) is 9.40 Å². The van der Waals surface area contributed by atoms with Crippen molar-refractivity contribution in [1.29, 1.82) is 0 Å². The van der Waals surface area contributed by atoms with Gasteiger partial charge in [0.15, 0.2) is 0 Å². The summed E-state index contributed by atoms with van der Waals surface area (Å²) in [6.45, 7) is 2.15. The van der Waals surface area contributed by atoms with Crippen molar-refractivity contribution in [3.05, 3.63) is 84.3 Å². The summed E-state index contributed by atoms with van der Waals surface area (Å²) in [4.78, 5) is 4.57. The minimum atomic E-state index is -3.70. The molecule has 0 radical (unpaired) electrons. The highest BCUT2D eigenvalue weighted by Gasteiger charge is 2.24. The first-order chi connectivity index (χ1) is 13.4. The van der Waals surface area contributed by atoms with Gasteiger partial charge >= 0.3 is 0 Å². The van der Waals surface area contributed by atoms with Crippen LogP contribution in [0.15, 0.2) is 78.1 Å². The number of hydrogen-bond donors (Lipinski definition) is 0. The molecule has 0 bridgehead atoms. The highest BCUT2D eigenvalue weighted by Crippen LogP contribution is 2.25. The topological polar surface area (TPSA) is 68.1 Å². The molecule has 4 rings (SSSR count). The summed E-state index contributed by atoms with van der Waals surface area (Å²) in [5.41, 5.74) is 3.20. The van der Waals surface area contributed by atoms with Crippen molar-refractivity contribution in [2.75, 3.05) is 7.05 Å². The maximum absolute atomic E-state index is 13.2. The third-order valence-corrected chi connectivity index (χ3v) is 6.40. The molecule has 0 fully saturated rings. The number of rotatable bonds is 5. The molecule has 0 aliphatic heterocycles. The molecule has 7 heteroatoms. The maximum Gasteiger partial charge on any atom is 0.245 e. The van der Waals surface area contributed by atoms with E-state index in [0.29, 0.717) is 5.52 Å². The van der Waals surface area contributed by atoms with E-state index in [-0.39, 0.29) is 11.4 Å². The molecule has 2 aromatic heterocycles. The molecule has 0 aliphatic carbocycles. The molecule has 4 aromatic rings. The summed E-state index contributed by atoms with van der Waals surface area (Å²) in [5, 5.41) is 5.15. The van der Waals surface area contributed by atoms with Crippen molar-refractivity contribution in [2.24, 2.45) is 0 Å². The summed E-state index contributed by atoms with van der Waals surface area (Å²) in [7, 11) is -2.13. The lowest BCUT2D eigenvalue weighted by molar-refractivity contribution is 0.467. The van der Waals surface area contributed by atoms with Crippen LogP contribution in [0.5, 0.6) is 0 Å². The second-order valence-electron chi connectivity index (χ2n) is 6.73. The van der Waals surface area contributed by atoms with Crippen LogP contribution in [-0.4, -0.2) is 34.5 Å². The van der Waals surface area contributed by atoms with Gasteiger partial charge in [0.05, 0.1) is 17.4 Å². The van der Waals surface area contributed by atoms with Crippen LogP contribution in [0.4, 0.5) is 0 Å². The minimum Gasteiger partial charge on any atom is -0.255 e. The monoisotopic (exact) mass is 392 g/mol. The van der Waals surface area contributed by atoms with Crippen LogP contribution in [0, 0.1) is 6.92 Å². The second-order valence-corrected chi connectivity index (χ2v) is 8.74. The van der Waals surface area contributed by atoms with E-state index >= 15 is 0 Å². The molecule has 0 unspecified atom stereocenters. The van der Waals surface area contributed by atoms with E-state index in [0.717, 1.165) is 22.2 Å². The Bertz CT molecular complexity index is 1230. The van der Waals surface area contributed by atoms with Crippen molar-refractivity contribution in [3.63, 3.8) is 0 Å². The highest BCUT2D eigenvalue weighted by molar-refractivity contribution is 7.89. The standard InChI is InChI=1S/C21H20N4O2S/c1-16-11-18-7-6-10-20(21(18)22-12-16)28(26,27)24(2)14-17-13-23-25(15-17)19-8-4-3-5-9-19/h3-13,15H,14H2,1-2H3. The molecule has 0 spiro atoms. The number of sulfonamides is 1. The summed E-state index contributed by atoms with van der Waals surface area (Å²) in [5.74, 6) is 0. The van der Waals surface area contributed by atoms with Gasteiger partial charge in [0.2, 0.25) is 10.0 Å². The van der Waals surface area contributed by atoms with Gasteiger partial charge in [-0.3, -0.25) is 4.98 Å². The van der Waals surface area contributed by atoms with Crippen LogP contribution >= 0.6 is 0 Å². The second kappa shape index (κ2) is 7.18. The van der Waals surface area contributed by atoms with E-state index in [1.165, 1.54) is 4.31 Å². The largest absolute Gasteiger partial charge is 0.255 e. The fourth-order valence-electron chi connectivity index (χ4n) is 3.12. The molecule has 0 saturated carbocycles. The average molecular weight is 392 g/mol. The Morgan fingerprint density at radius 3 is 2.61 bits per heavy atom. The van der Waals surface area contributed by atoms with Crippen LogP contribution in [0.3, 0.4) is 0 Å². The Labute approximate surface area is 164 Å². The number of hydrogen-bond acceptors (Lipinski definition) is 4. The van der Waals surface area contributed by atoms with Crippen LogP contribution in [0.2, 0.25) is 0 Å². The van der Waals surface area contributed by atoms with Gasteiger partial charge in [0.25, 0.3) is 0 Å². The van der Waals surface area contributed by atoms with E-state index in [4.69, 9.17) is 0 Å². The van der Waals surface area contributed by atoms with E-state index in [2.05, 4.69) is 10.1 Å². The molecule has 2 aromatic carbocycles. The first kappa shape index (κ1) is 18.3. The van der Waals surface area contributed by atoms with Crippen LogP contribution in [-0.2, 0) is 16.6 Å². The summed E-state index contributed by atoms with van der Waals surface area (Å²) >= 11 is 0. The smallest absolute Gasteiger partial charge is 0.245 e. The number of nitrogens with zero attached hydrogens (tertiary/aromatic N) is 4. The van der Waals surface area contributed by atoms with Gasteiger partial charge in [-0.1, -0.05) is 30.3 Å². The molecule has 0 amide bonds. The molecule has 0 aliphatic rings. The van der Waals surface area contributed by atoms with Gasteiger partial charge in [-0.05, 0) is 36.8 Å². The lowest BCUT2D eigenvalue weighted by Gasteiger charge is -2.17. The Morgan fingerprint density at radius 1 is 1.04 bits per heavy atom. The normalized spacial score (nSPS) is 12.0. The molecule has 28 heavy (non-hydrogen) atoms. The van der Waals surface area contributed by atoms with Crippen LogP contribution < -0.4 is 0 Å². The Morgan fingerprint density at radius 2 is 1.82 bits per heavy atom. The maximum atomic E-state index is 13.2. The van der Waals surface area contributed by atoms with Crippen molar-refractivity contribution in [2.45, 2.75) is 18.4 Å². The molecular weight excluding hydrogens is 372 g/mol. The lowest BCUT2D eigenvalue weighted by Crippen LogP contribution is -2.26. The number of aromatic nitrogens is 3.